The van der Waals surface area contributed by atoms with Crippen LogP contribution in [-0.4, -0.2) is 40.8 Å². The summed E-state index contributed by atoms with van der Waals surface area (Å²) in [6.07, 6.45) is 2.07. The van der Waals surface area contributed by atoms with Crippen molar-refractivity contribution in [1.82, 2.24) is 5.32 Å². The molecule has 0 aliphatic carbocycles. The zero-order valence-electron chi connectivity index (χ0n) is 18.1. The van der Waals surface area contributed by atoms with E-state index in [1.54, 1.807) is 57.5 Å². The van der Waals surface area contributed by atoms with Crippen molar-refractivity contribution in [2.75, 3.05) is 24.8 Å². The SMILES string of the molecule is CC[C@H](NC(=O)[C@H](CC)N(c1ccccc1)S(C)(=O)=O)c1ccc(OC)c(OC)c1. The highest BCUT2D eigenvalue weighted by atomic mass is 32.2. The van der Waals surface area contributed by atoms with E-state index in [-0.39, 0.29) is 11.9 Å². The Bertz CT molecular complexity index is 947. The molecule has 0 bridgehead atoms. The molecule has 7 nitrogen and oxygen atoms in total. The molecule has 2 atom stereocenters. The maximum atomic E-state index is 13.2. The predicted molar refractivity (Wildman–Crippen MR) is 119 cm³/mol. The van der Waals surface area contributed by atoms with E-state index in [0.717, 1.165) is 11.8 Å². The van der Waals surface area contributed by atoms with Crippen LogP contribution in [0.5, 0.6) is 11.5 Å². The Morgan fingerprint density at radius 1 is 1.00 bits per heavy atom. The minimum atomic E-state index is -3.67. The number of carbonyl (C=O) groups excluding carboxylic acids is 1. The third-order valence-electron chi connectivity index (χ3n) is 4.88. The fourth-order valence-electron chi connectivity index (χ4n) is 3.39. The Balaban J connectivity index is 2.34. The highest BCUT2D eigenvalue weighted by Crippen LogP contribution is 2.31. The third kappa shape index (κ3) is 5.44. The summed E-state index contributed by atoms with van der Waals surface area (Å²) in [4.78, 5) is 13.2. The van der Waals surface area contributed by atoms with Crippen LogP contribution in [0.3, 0.4) is 0 Å². The van der Waals surface area contributed by atoms with Crippen molar-refractivity contribution in [2.45, 2.75) is 38.8 Å². The monoisotopic (exact) mass is 434 g/mol. The van der Waals surface area contributed by atoms with Crippen molar-refractivity contribution >= 4 is 21.6 Å². The molecule has 2 aromatic carbocycles. The molecule has 8 heteroatoms. The van der Waals surface area contributed by atoms with E-state index in [0.29, 0.717) is 30.0 Å². The Kier molecular flexibility index (Phi) is 8.11. The molecule has 1 amide bonds. The van der Waals surface area contributed by atoms with Gasteiger partial charge in [-0.05, 0) is 42.7 Å². The van der Waals surface area contributed by atoms with Crippen LogP contribution in [0.25, 0.3) is 0 Å². The van der Waals surface area contributed by atoms with Gasteiger partial charge in [-0.15, -0.1) is 0 Å². The summed E-state index contributed by atoms with van der Waals surface area (Å²) in [6.45, 7) is 3.75. The molecule has 0 spiro atoms. The number of hydrogen-bond donors (Lipinski definition) is 1. The van der Waals surface area contributed by atoms with Crippen LogP contribution in [-0.2, 0) is 14.8 Å². The van der Waals surface area contributed by atoms with Gasteiger partial charge in [-0.25, -0.2) is 8.42 Å². The number of benzene rings is 2. The minimum absolute atomic E-state index is 0.302. The molecule has 2 aromatic rings. The van der Waals surface area contributed by atoms with Gasteiger partial charge in [0.15, 0.2) is 11.5 Å². The first-order valence-corrected chi connectivity index (χ1v) is 11.7. The quantitative estimate of drug-likeness (QED) is 0.618. The van der Waals surface area contributed by atoms with Gasteiger partial charge in [-0.2, -0.15) is 0 Å². The molecule has 2 rings (SSSR count). The lowest BCUT2D eigenvalue weighted by molar-refractivity contribution is -0.123. The van der Waals surface area contributed by atoms with Gasteiger partial charge < -0.3 is 14.8 Å². The fraction of sp³-hybridized carbons (Fsp3) is 0.409. The van der Waals surface area contributed by atoms with E-state index in [9.17, 15) is 13.2 Å². The van der Waals surface area contributed by atoms with Crippen molar-refractivity contribution in [1.29, 1.82) is 0 Å². The average Bonchev–Trinajstić information content (AvgIpc) is 2.74. The zero-order chi connectivity index (χ0) is 22.3. The van der Waals surface area contributed by atoms with Gasteiger partial charge in [0.1, 0.15) is 6.04 Å². The van der Waals surface area contributed by atoms with Crippen molar-refractivity contribution in [3.63, 3.8) is 0 Å². The molecule has 0 saturated heterocycles. The molecule has 30 heavy (non-hydrogen) atoms. The van der Waals surface area contributed by atoms with Crippen LogP contribution in [0.1, 0.15) is 38.3 Å². The summed E-state index contributed by atoms with van der Waals surface area (Å²) >= 11 is 0. The molecular formula is C22H30N2O5S. The molecule has 1 N–H and O–H groups in total. The number of nitrogens with one attached hydrogen (secondary N) is 1. The summed E-state index contributed by atoms with van der Waals surface area (Å²) in [7, 11) is -0.550. The lowest BCUT2D eigenvalue weighted by Gasteiger charge is -2.31. The smallest absolute Gasteiger partial charge is 0.244 e. The summed E-state index contributed by atoms with van der Waals surface area (Å²) in [6, 6.07) is 13.0. The number of sulfonamides is 1. The highest BCUT2D eigenvalue weighted by molar-refractivity contribution is 7.92. The molecule has 0 aliphatic rings. The van der Waals surface area contributed by atoms with Gasteiger partial charge in [0.2, 0.25) is 15.9 Å². The second-order valence-electron chi connectivity index (χ2n) is 6.90. The molecule has 0 aliphatic heterocycles. The Morgan fingerprint density at radius 2 is 1.63 bits per heavy atom. The average molecular weight is 435 g/mol. The van der Waals surface area contributed by atoms with Gasteiger partial charge in [-0.3, -0.25) is 9.10 Å². The number of rotatable bonds is 10. The largest absolute Gasteiger partial charge is 0.493 e. The molecule has 0 radical (unpaired) electrons. The van der Waals surface area contributed by atoms with Gasteiger partial charge in [0.05, 0.1) is 32.2 Å². The standard InChI is InChI=1S/C22H30N2O5S/c1-6-18(16-13-14-20(28-3)21(15-16)29-4)23-22(25)19(7-2)24(30(5,26)27)17-11-9-8-10-12-17/h8-15,18-19H,6-7H2,1-5H3,(H,23,25)/t18-,19-/m0/s1. The molecule has 0 aromatic heterocycles. The maximum Gasteiger partial charge on any atom is 0.244 e. The Morgan fingerprint density at radius 3 is 2.13 bits per heavy atom. The second-order valence-corrected chi connectivity index (χ2v) is 8.76. The first kappa shape index (κ1) is 23.5. The van der Waals surface area contributed by atoms with E-state index in [1.165, 1.54) is 4.31 Å². The number of carbonyl (C=O) groups is 1. The first-order valence-electron chi connectivity index (χ1n) is 9.83. The lowest BCUT2D eigenvalue weighted by atomic mass is 10.0. The van der Waals surface area contributed by atoms with Gasteiger partial charge in [-0.1, -0.05) is 38.1 Å². The van der Waals surface area contributed by atoms with Crippen molar-refractivity contribution in [3.8, 4) is 11.5 Å². The second kappa shape index (κ2) is 10.3. The summed E-state index contributed by atoms with van der Waals surface area (Å²) in [5, 5.41) is 3.00. The van der Waals surface area contributed by atoms with Crippen LogP contribution in [0.15, 0.2) is 48.5 Å². The molecule has 0 unspecified atom stereocenters. The molecule has 0 heterocycles. The molecular weight excluding hydrogens is 404 g/mol. The lowest BCUT2D eigenvalue weighted by Crippen LogP contribution is -2.50. The van der Waals surface area contributed by atoms with Crippen LogP contribution >= 0.6 is 0 Å². The minimum Gasteiger partial charge on any atom is -0.493 e. The van der Waals surface area contributed by atoms with Gasteiger partial charge >= 0.3 is 0 Å². The summed E-state index contributed by atoms with van der Waals surface area (Å²) in [5.74, 6) is 0.811. The summed E-state index contributed by atoms with van der Waals surface area (Å²) in [5.41, 5.74) is 1.31. The van der Waals surface area contributed by atoms with Crippen molar-refractivity contribution in [2.24, 2.45) is 0 Å². The van der Waals surface area contributed by atoms with E-state index >= 15 is 0 Å². The number of hydrogen-bond acceptors (Lipinski definition) is 5. The Labute approximate surface area is 179 Å². The number of anilines is 1. The molecule has 0 saturated carbocycles. The third-order valence-corrected chi connectivity index (χ3v) is 6.05. The number of nitrogens with zero attached hydrogens (tertiary/aromatic N) is 1. The topological polar surface area (TPSA) is 84.9 Å². The van der Waals surface area contributed by atoms with Gasteiger partial charge in [0, 0.05) is 0 Å². The van der Waals surface area contributed by atoms with Crippen LogP contribution < -0.4 is 19.1 Å². The number of ether oxygens (including phenoxy) is 2. The maximum absolute atomic E-state index is 13.2. The fourth-order valence-corrected chi connectivity index (χ4v) is 4.61. The number of methoxy groups -OCH3 is 2. The molecule has 164 valence electrons. The normalized spacial score (nSPS) is 13.2. The van der Waals surface area contributed by atoms with Gasteiger partial charge in [0.25, 0.3) is 0 Å². The van der Waals surface area contributed by atoms with E-state index in [1.807, 2.05) is 19.1 Å². The van der Waals surface area contributed by atoms with Crippen LogP contribution in [0.4, 0.5) is 5.69 Å². The van der Waals surface area contributed by atoms with Crippen LogP contribution in [0.2, 0.25) is 0 Å². The van der Waals surface area contributed by atoms with Crippen molar-refractivity contribution in [3.05, 3.63) is 54.1 Å². The highest BCUT2D eigenvalue weighted by Gasteiger charge is 2.32. The number of para-hydroxylation sites is 1. The first-order chi connectivity index (χ1) is 14.3. The number of amides is 1. The van der Waals surface area contributed by atoms with E-state index < -0.39 is 16.1 Å². The van der Waals surface area contributed by atoms with Crippen LogP contribution in [0, 0.1) is 0 Å². The van der Waals surface area contributed by atoms with E-state index in [4.69, 9.17) is 9.47 Å². The van der Waals surface area contributed by atoms with Crippen molar-refractivity contribution < 1.29 is 22.7 Å². The Hall–Kier alpha value is -2.74. The molecule has 0 fully saturated rings. The summed E-state index contributed by atoms with van der Waals surface area (Å²) < 4.78 is 36.9. The van der Waals surface area contributed by atoms with E-state index in [2.05, 4.69) is 5.32 Å². The zero-order valence-corrected chi connectivity index (χ0v) is 18.9. The predicted octanol–water partition coefficient (Wildman–Crippen LogP) is 3.52.